The number of ketones is 1. The van der Waals surface area contributed by atoms with E-state index in [4.69, 9.17) is 0 Å². The van der Waals surface area contributed by atoms with Crippen LogP contribution in [-0.2, 0) is 6.54 Å². The lowest BCUT2D eigenvalue weighted by molar-refractivity contribution is 0.0811. The molecule has 1 fully saturated rings. The van der Waals surface area contributed by atoms with Crippen molar-refractivity contribution in [1.82, 2.24) is 14.5 Å². The zero-order valence-electron chi connectivity index (χ0n) is 13.2. The number of rotatable bonds is 5. The topological polar surface area (TPSA) is 38.1 Å². The number of hydrogen-bond acceptors (Lipinski definition) is 4. The molecule has 118 valence electrons. The number of Topliss-reactive ketones (excluding diaryl/α,β-unsaturated/α-hetero) is 1. The standard InChI is InChI=1S/C17H23N3OS/c1-13(2)20-9-7-18-16(20)12-19-8-3-5-14(11-19)17(21)15-6-4-10-22-15/h4,6-7,9-10,13-14H,3,5,8,11-12H2,1-2H3/t14-/m0/s1. The van der Waals surface area contributed by atoms with Crippen molar-refractivity contribution in [3.63, 3.8) is 0 Å². The van der Waals surface area contributed by atoms with E-state index in [1.807, 2.05) is 29.9 Å². The van der Waals surface area contributed by atoms with Gasteiger partial charge >= 0.3 is 0 Å². The Labute approximate surface area is 135 Å². The van der Waals surface area contributed by atoms with Gasteiger partial charge in [-0.2, -0.15) is 0 Å². The molecule has 2 aromatic rings. The summed E-state index contributed by atoms with van der Waals surface area (Å²) < 4.78 is 2.21. The lowest BCUT2D eigenvalue weighted by atomic mass is 9.93. The van der Waals surface area contributed by atoms with E-state index in [1.54, 1.807) is 11.3 Å². The Morgan fingerprint density at radius 2 is 2.36 bits per heavy atom. The molecule has 0 unspecified atom stereocenters. The average molecular weight is 317 g/mol. The zero-order valence-corrected chi connectivity index (χ0v) is 14.1. The molecule has 1 atom stereocenters. The van der Waals surface area contributed by atoms with Gasteiger partial charge in [0, 0.05) is 30.9 Å². The van der Waals surface area contributed by atoms with Crippen molar-refractivity contribution >= 4 is 17.1 Å². The monoisotopic (exact) mass is 317 g/mol. The van der Waals surface area contributed by atoms with Gasteiger partial charge in [-0.3, -0.25) is 9.69 Å². The van der Waals surface area contributed by atoms with Gasteiger partial charge in [0.15, 0.2) is 5.78 Å². The van der Waals surface area contributed by atoms with E-state index in [1.165, 1.54) is 0 Å². The van der Waals surface area contributed by atoms with Gasteiger partial charge in [-0.25, -0.2) is 4.98 Å². The number of likely N-dealkylation sites (tertiary alicyclic amines) is 1. The maximum absolute atomic E-state index is 12.5. The van der Waals surface area contributed by atoms with E-state index in [-0.39, 0.29) is 5.92 Å². The van der Waals surface area contributed by atoms with E-state index in [0.717, 1.165) is 43.2 Å². The molecular formula is C17H23N3OS. The summed E-state index contributed by atoms with van der Waals surface area (Å²) in [6, 6.07) is 4.32. The molecule has 0 saturated carbocycles. The van der Waals surface area contributed by atoms with E-state index < -0.39 is 0 Å². The summed E-state index contributed by atoms with van der Waals surface area (Å²) in [5, 5.41) is 1.98. The smallest absolute Gasteiger partial charge is 0.177 e. The molecule has 3 rings (SSSR count). The fourth-order valence-corrected chi connectivity index (χ4v) is 3.91. The molecule has 0 N–H and O–H groups in total. The highest BCUT2D eigenvalue weighted by atomic mass is 32.1. The summed E-state index contributed by atoms with van der Waals surface area (Å²) >= 11 is 1.55. The third-order valence-corrected chi connectivity index (χ3v) is 5.19. The number of aromatic nitrogens is 2. The summed E-state index contributed by atoms with van der Waals surface area (Å²) in [6.45, 7) is 7.08. The largest absolute Gasteiger partial charge is 0.331 e. The van der Waals surface area contributed by atoms with Crippen molar-refractivity contribution in [3.8, 4) is 0 Å². The first-order valence-electron chi connectivity index (χ1n) is 7.97. The van der Waals surface area contributed by atoms with E-state index in [9.17, 15) is 4.79 Å². The maximum atomic E-state index is 12.5. The molecule has 0 aliphatic carbocycles. The van der Waals surface area contributed by atoms with Crippen molar-refractivity contribution in [1.29, 1.82) is 0 Å². The van der Waals surface area contributed by atoms with Crippen LogP contribution in [0.3, 0.4) is 0 Å². The Bertz CT molecular complexity index is 618. The first-order valence-corrected chi connectivity index (χ1v) is 8.85. The second-order valence-corrected chi connectivity index (χ2v) is 7.21. The Hall–Kier alpha value is -1.46. The lowest BCUT2D eigenvalue weighted by Crippen LogP contribution is -2.38. The molecule has 1 aliphatic rings. The van der Waals surface area contributed by atoms with Gasteiger partial charge in [0.1, 0.15) is 5.82 Å². The molecule has 5 heteroatoms. The Balaban J connectivity index is 1.66. The second kappa shape index (κ2) is 6.75. The first-order chi connectivity index (χ1) is 10.6. The summed E-state index contributed by atoms with van der Waals surface area (Å²) in [7, 11) is 0. The van der Waals surface area contributed by atoms with E-state index in [2.05, 4.69) is 28.3 Å². The Kier molecular flexibility index (Phi) is 4.74. The summed E-state index contributed by atoms with van der Waals surface area (Å²) in [6.07, 6.45) is 6.00. The zero-order chi connectivity index (χ0) is 15.5. The second-order valence-electron chi connectivity index (χ2n) is 6.26. The number of carbonyl (C=O) groups is 1. The van der Waals surface area contributed by atoms with Crippen LogP contribution in [-0.4, -0.2) is 33.3 Å². The van der Waals surface area contributed by atoms with Gasteiger partial charge in [0.25, 0.3) is 0 Å². The number of nitrogens with zero attached hydrogens (tertiary/aromatic N) is 3. The predicted octanol–water partition coefficient (Wildman–Crippen LogP) is 3.62. The van der Waals surface area contributed by atoms with Crippen LogP contribution in [0.5, 0.6) is 0 Å². The SMILES string of the molecule is CC(C)n1ccnc1CN1CCC[C@H](C(=O)c2cccs2)C1. The molecule has 0 amide bonds. The Morgan fingerprint density at radius 3 is 3.09 bits per heavy atom. The van der Waals surface area contributed by atoms with Crippen LogP contribution in [0.2, 0.25) is 0 Å². The van der Waals surface area contributed by atoms with Crippen molar-refractivity contribution in [2.45, 2.75) is 39.3 Å². The highest BCUT2D eigenvalue weighted by molar-refractivity contribution is 7.12. The van der Waals surface area contributed by atoms with Crippen LogP contribution in [0.25, 0.3) is 0 Å². The molecule has 0 spiro atoms. The minimum absolute atomic E-state index is 0.134. The van der Waals surface area contributed by atoms with Gasteiger partial charge in [-0.15, -0.1) is 11.3 Å². The molecule has 22 heavy (non-hydrogen) atoms. The molecule has 3 heterocycles. The maximum Gasteiger partial charge on any atom is 0.177 e. The molecule has 4 nitrogen and oxygen atoms in total. The average Bonchev–Trinajstić information content (AvgIpc) is 3.18. The van der Waals surface area contributed by atoms with Gasteiger partial charge in [0.2, 0.25) is 0 Å². The molecule has 2 aromatic heterocycles. The molecule has 0 aromatic carbocycles. The van der Waals surface area contributed by atoms with Gasteiger partial charge in [-0.1, -0.05) is 6.07 Å². The predicted molar refractivity (Wildman–Crippen MR) is 89.3 cm³/mol. The van der Waals surface area contributed by atoms with Gasteiger partial charge in [0.05, 0.1) is 11.4 Å². The third kappa shape index (κ3) is 3.31. The van der Waals surface area contributed by atoms with Crippen LogP contribution in [0, 0.1) is 5.92 Å². The van der Waals surface area contributed by atoms with E-state index in [0.29, 0.717) is 11.8 Å². The molecule has 1 aliphatic heterocycles. The van der Waals surface area contributed by atoms with Crippen LogP contribution in [0.4, 0.5) is 0 Å². The van der Waals surface area contributed by atoms with Crippen molar-refractivity contribution in [2.24, 2.45) is 5.92 Å². The number of carbonyl (C=O) groups excluding carboxylic acids is 1. The van der Waals surface area contributed by atoms with Crippen molar-refractivity contribution < 1.29 is 4.79 Å². The van der Waals surface area contributed by atoms with Crippen molar-refractivity contribution in [3.05, 3.63) is 40.6 Å². The van der Waals surface area contributed by atoms with Gasteiger partial charge in [-0.05, 0) is 44.7 Å². The Morgan fingerprint density at radius 1 is 1.50 bits per heavy atom. The van der Waals surface area contributed by atoms with Crippen LogP contribution in [0.1, 0.15) is 48.2 Å². The minimum atomic E-state index is 0.134. The number of thiophene rings is 1. The number of hydrogen-bond donors (Lipinski definition) is 0. The normalized spacial score (nSPS) is 19.7. The lowest BCUT2D eigenvalue weighted by Gasteiger charge is -2.31. The first kappa shape index (κ1) is 15.4. The highest BCUT2D eigenvalue weighted by Crippen LogP contribution is 2.24. The fraction of sp³-hybridized carbons (Fsp3) is 0.529. The van der Waals surface area contributed by atoms with Gasteiger partial charge < -0.3 is 4.57 Å². The van der Waals surface area contributed by atoms with Crippen LogP contribution >= 0.6 is 11.3 Å². The number of piperidine rings is 1. The summed E-state index contributed by atoms with van der Waals surface area (Å²) in [5.41, 5.74) is 0. The molecule has 1 saturated heterocycles. The third-order valence-electron chi connectivity index (χ3n) is 4.31. The van der Waals surface area contributed by atoms with Crippen LogP contribution in [0.15, 0.2) is 29.9 Å². The fourth-order valence-electron chi connectivity index (χ4n) is 3.17. The molecule has 0 bridgehead atoms. The quantitative estimate of drug-likeness (QED) is 0.791. The van der Waals surface area contributed by atoms with E-state index >= 15 is 0 Å². The highest BCUT2D eigenvalue weighted by Gasteiger charge is 2.27. The molecule has 0 radical (unpaired) electrons. The van der Waals surface area contributed by atoms with Crippen molar-refractivity contribution in [2.75, 3.05) is 13.1 Å². The summed E-state index contributed by atoms with van der Waals surface area (Å²) in [4.78, 5) is 20.3. The minimum Gasteiger partial charge on any atom is -0.331 e. The van der Waals surface area contributed by atoms with Crippen LogP contribution < -0.4 is 0 Å². The molecular weight excluding hydrogens is 294 g/mol. The number of imidazole rings is 1. The summed E-state index contributed by atoms with van der Waals surface area (Å²) in [5.74, 6) is 1.54.